The maximum absolute atomic E-state index is 12.9. The van der Waals surface area contributed by atoms with Gasteiger partial charge < -0.3 is 15.0 Å². The molecule has 0 spiro atoms. The molecule has 148 valence electrons. The minimum atomic E-state index is -0.814. The molecule has 2 aromatic rings. The Morgan fingerprint density at radius 2 is 1.97 bits per heavy atom. The predicted molar refractivity (Wildman–Crippen MR) is 112 cm³/mol. The molecule has 0 radical (unpaired) electrons. The molecule has 1 aliphatic heterocycles. The molecule has 1 aliphatic rings. The van der Waals surface area contributed by atoms with Crippen molar-refractivity contribution in [2.45, 2.75) is 12.5 Å². The number of hydrogen-bond donors (Lipinski definition) is 1. The number of anilines is 1. The standard InChI is InChI=1S/C22H20ClN3O3/c1-25(22(29)26-13-12-24-21(28)20(26)11-14-27)19-10-9-17(15-18(19)23)8-7-16-5-3-2-4-6-16/h2-6,9-10,14-15,20H,11-13H2,1H3,(H,24,28). The molecule has 0 saturated carbocycles. The summed E-state index contributed by atoms with van der Waals surface area (Å²) in [5.41, 5.74) is 2.11. The summed E-state index contributed by atoms with van der Waals surface area (Å²) in [6.45, 7) is 0.668. The number of halogens is 1. The number of amides is 3. The van der Waals surface area contributed by atoms with Gasteiger partial charge in [0.1, 0.15) is 12.3 Å². The van der Waals surface area contributed by atoms with Gasteiger partial charge in [0.25, 0.3) is 0 Å². The second-order valence-corrected chi connectivity index (χ2v) is 6.93. The van der Waals surface area contributed by atoms with E-state index in [-0.39, 0.29) is 12.3 Å². The quantitative estimate of drug-likeness (QED) is 0.626. The number of rotatable bonds is 3. The van der Waals surface area contributed by atoms with Gasteiger partial charge in [-0.05, 0) is 30.3 Å². The van der Waals surface area contributed by atoms with E-state index in [2.05, 4.69) is 17.2 Å². The maximum Gasteiger partial charge on any atom is 0.325 e. The number of aldehydes is 1. The van der Waals surface area contributed by atoms with E-state index in [1.165, 1.54) is 9.80 Å². The van der Waals surface area contributed by atoms with E-state index in [0.717, 1.165) is 11.1 Å². The third-order valence-corrected chi connectivity index (χ3v) is 4.92. The highest BCUT2D eigenvalue weighted by Crippen LogP contribution is 2.27. The lowest BCUT2D eigenvalue weighted by molar-refractivity contribution is -0.129. The van der Waals surface area contributed by atoms with Gasteiger partial charge in [-0.3, -0.25) is 9.69 Å². The second-order valence-electron chi connectivity index (χ2n) is 6.53. The monoisotopic (exact) mass is 409 g/mol. The predicted octanol–water partition coefficient (Wildman–Crippen LogP) is 2.69. The van der Waals surface area contributed by atoms with Crippen LogP contribution in [0, 0.1) is 11.8 Å². The van der Waals surface area contributed by atoms with Crippen molar-refractivity contribution in [2.75, 3.05) is 25.0 Å². The summed E-state index contributed by atoms with van der Waals surface area (Å²) < 4.78 is 0. The van der Waals surface area contributed by atoms with Gasteiger partial charge in [-0.2, -0.15) is 0 Å². The van der Waals surface area contributed by atoms with Crippen molar-refractivity contribution in [3.63, 3.8) is 0 Å². The van der Waals surface area contributed by atoms with Crippen LogP contribution >= 0.6 is 11.6 Å². The summed E-state index contributed by atoms with van der Waals surface area (Å²) in [6, 6.07) is 13.6. The molecule has 7 heteroatoms. The van der Waals surface area contributed by atoms with Crippen molar-refractivity contribution in [1.82, 2.24) is 10.2 Å². The smallest absolute Gasteiger partial charge is 0.325 e. The molecular formula is C22H20ClN3O3. The average molecular weight is 410 g/mol. The molecule has 1 heterocycles. The first kappa shape index (κ1) is 20.4. The normalized spacial score (nSPS) is 15.7. The van der Waals surface area contributed by atoms with E-state index < -0.39 is 12.1 Å². The van der Waals surface area contributed by atoms with Gasteiger partial charge in [0.2, 0.25) is 5.91 Å². The zero-order valence-electron chi connectivity index (χ0n) is 15.9. The zero-order chi connectivity index (χ0) is 20.8. The van der Waals surface area contributed by atoms with Crippen molar-refractivity contribution < 1.29 is 14.4 Å². The summed E-state index contributed by atoms with van der Waals surface area (Å²) >= 11 is 6.40. The number of nitrogens with zero attached hydrogens (tertiary/aromatic N) is 2. The minimum Gasteiger partial charge on any atom is -0.353 e. The molecule has 0 aromatic heterocycles. The number of urea groups is 1. The number of benzene rings is 2. The average Bonchev–Trinajstić information content (AvgIpc) is 2.73. The SMILES string of the molecule is CN(C(=O)N1CCNC(=O)C1CC=O)c1ccc(C#Cc2ccccc2)cc1Cl. The van der Waals surface area contributed by atoms with Gasteiger partial charge in [0.15, 0.2) is 0 Å². The van der Waals surface area contributed by atoms with Crippen molar-refractivity contribution in [3.8, 4) is 11.8 Å². The highest BCUT2D eigenvalue weighted by atomic mass is 35.5. The van der Waals surface area contributed by atoms with Gasteiger partial charge >= 0.3 is 6.03 Å². The first-order chi connectivity index (χ1) is 14.0. The number of hydrogen-bond acceptors (Lipinski definition) is 3. The molecular weight excluding hydrogens is 390 g/mol. The molecule has 0 bridgehead atoms. The fourth-order valence-electron chi connectivity index (χ4n) is 3.09. The Labute approximate surface area is 174 Å². The topological polar surface area (TPSA) is 69.7 Å². The van der Waals surface area contributed by atoms with Crippen LogP contribution < -0.4 is 10.2 Å². The first-order valence-corrected chi connectivity index (χ1v) is 9.51. The van der Waals surface area contributed by atoms with Crippen molar-refractivity contribution in [3.05, 3.63) is 64.7 Å². The summed E-state index contributed by atoms with van der Waals surface area (Å²) in [7, 11) is 1.59. The Morgan fingerprint density at radius 3 is 2.66 bits per heavy atom. The van der Waals surface area contributed by atoms with Crippen LogP contribution in [0.3, 0.4) is 0 Å². The molecule has 6 nitrogen and oxygen atoms in total. The van der Waals surface area contributed by atoms with Gasteiger partial charge in [0.05, 0.1) is 10.7 Å². The van der Waals surface area contributed by atoms with Crippen LogP contribution in [-0.4, -0.2) is 49.3 Å². The van der Waals surface area contributed by atoms with E-state index in [1.54, 1.807) is 25.2 Å². The number of carbonyl (C=O) groups excluding carboxylic acids is 3. The summed E-state index contributed by atoms with van der Waals surface area (Å²) in [5.74, 6) is 5.78. The first-order valence-electron chi connectivity index (χ1n) is 9.13. The van der Waals surface area contributed by atoms with Gasteiger partial charge in [-0.1, -0.05) is 41.6 Å². The molecule has 1 unspecified atom stereocenters. The third-order valence-electron chi connectivity index (χ3n) is 4.62. The Balaban J connectivity index is 1.79. The van der Waals surface area contributed by atoms with E-state index in [1.807, 2.05) is 30.3 Å². The minimum absolute atomic E-state index is 0.0485. The van der Waals surface area contributed by atoms with Crippen molar-refractivity contribution in [1.29, 1.82) is 0 Å². The highest BCUT2D eigenvalue weighted by molar-refractivity contribution is 6.33. The number of carbonyl (C=O) groups is 3. The van der Waals surface area contributed by atoms with Crippen molar-refractivity contribution in [2.24, 2.45) is 0 Å². The van der Waals surface area contributed by atoms with Crippen LogP contribution in [0.15, 0.2) is 48.5 Å². The van der Waals surface area contributed by atoms with Crippen LogP contribution in [0.5, 0.6) is 0 Å². The summed E-state index contributed by atoms with van der Waals surface area (Å²) in [4.78, 5) is 38.7. The third kappa shape index (κ3) is 4.76. The molecule has 3 rings (SSSR count). The summed E-state index contributed by atoms with van der Waals surface area (Å²) in [5, 5.41) is 3.04. The van der Waals surface area contributed by atoms with E-state index in [0.29, 0.717) is 30.1 Å². The van der Waals surface area contributed by atoms with Crippen molar-refractivity contribution >= 4 is 35.5 Å². The molecule has 2 aromatic carbocycles. The van der Waals surface area contributed by atoms with E-state index >= 15 is 0 Å². The van der Waals surface area contributed by atoms with Crippen LogP contribution in [-0.2, 0) is 9.59 Å². The Kier molecular flexibility index (Phi) is 6.53. The highest BCUT2D eigenvalue weighted by Gasteiger charge is 2.34. The Bertz CT molecular complexity index is 982. The Morgan fingerprint density at radius 1 is 1.24 bits per heavy atom. The molecule has 3 amide bonds. The maximum atomic E-state index is 12.9. The molecule has 1 N–H and O–H groups in total. The van der Waals surface area contributed by atoms with Crippen LogP contribution in [0.25, 0.3) is 0 Å². The number of piperazine rings is 1. The molecule has 1 saturated heterocycles. The molecule has 1 fully saturated rings. The van der Waals surface area contributed by atoms with Gasteiger partial charge in [0, 0.05) is 37.7 Å². The van der Waals surface area contributed by atoms with E-state index in [9.17, 15) is 14.4 Å². The lowest BCUT2D eigenvalue weighted by atomic mass is 10.1. The van der Waals surface area contributed by atoms with Gasteiger partial charge in [-0.15, -0.1) is 0 Å². The number of nitrogens with one attached hydrogen (secondary N) is 1. The zero-order valence-corrected chi connectivity index (χ0v) is 16.6. The fourth-order valence-corrected chi connectivity index (χ4v) is 3.39. The Hall–Kier alpha value is -3.30. The van der Waals surface area contributed by atoms with Gasteiger partial charge in [-0.25, -0.2) is 4.79 Å². The van der Waals surface area contributed by atoms with E-state index in [4.69, 9.17) is 11.6 Å². The van der Waals surface area contributed by atoms with Crippen LogP contribution in [0.4, 0.5) is 10.5 Å². The lowest BCUT2D eigenvalue weighted by Gasteiger charge is -2.36. The molecule has 0 aliphatic carbocycles. The molecule has 29 heavy (non-hydrogen) atoms. The largest absolute Gasteiger partial charge is 0.353 e. The lowest BCUT2D eigenvalue weighted by Crippen LogP contribution is -2.59. The molecule has 1 atom stereocenters. The summed E-state index contributed by atoms with van der Waals surface area (Å²) in [6.07, 6.45) is 0.593. The van der Waals surface area contributed by atoms with Crippen LogP contribution in [0.2, 0.25) is 5.02 Å². The van der Waals surface area contributed by atoms with Crippen LogP contribution in [0.1, 0.15) is 17.5 Å². The second kappa shape index (κ2) is 9.26. The fraction of sp³-hybridized carbons (Fsp3) is 0.227.